The number of amides is 1. The molecule has 204 valence electrons. The van der Waals surface area contributed by atoms with Crippen molar-refractivity contribution in [1.82, 2.24) is 29.2 Å². The zero-order valence-corrected chi connectivity index (χ0v) is 21.7. The monoisotopic (exact) mass is 579 g/mol. The fourth-order valence-electron chi connectivity index (χ4n) is 4.46. The molecule has 16 heteroatoms. The Balaban J connectivity index is 1.44. The second-order valence-corrected chi connectivity index (χ2v) is 12.6. The molecule has 2 fully saturated rings. The van der Waals surface area contributed by atoms with Crippen LogP contribution in [-0.4, -0.2) is 68.1 Å². The average molecular weight is 580 g/mol. The van der Waals surface area contributed by atoms with Gasteiger partial charge in [0.15, 0.2) is 10.8 Å². The zero-order chi connectivity index (χ0) is 27.8. The molecule has 0 unspecified atom stereocenters. The summed E-state index contributed by atoms with van der Waals surface area (Å²) in [5, 5.41) is 25.1. The molecule has 2 N–H and O–H groups in total. The van der Waals surface area contributed by atoms with Crippen LogP contribution in [0.4, 0.5) is 13.2 Å². The fourth-order valence-corrected chi connectivity index (χ4v) is 6.57. The lowest BCUT2D eigenvalue weighted by Gasteiger charge is -2.29. The van der Waals surface area contributed by atoms with E-state index in [1.807, 2.05) is 6.07 Å². The molecule has 2 aliphatic carbocycles. The second kappa shape index (κ2) is 8.55. The number of alkyl halides is 3. The molecule has 39 heavy (non-hydrogen) atoms. The first-order chi connectivity index (χ1) is 18.3. The summed E-state index contributed by atoms with van der Waals surface area (Å²) in [6.45, 7) is 0.486. The lowest BCUT2D eigenvalue weighted by molar-refractivity contribution is -0.142. The van der Waals surface area contributed by atoms with Crippen molar-refractivity contribution >= 4 is 38.4 Å². The van der Waals surface area contributed by atoms with Crippen LogP contribution in [0.25, 0.3) is 21.9 Å². The van der Waals surface area contributed by atoms with Gasteiger partial charge in [0.2, 0.25) is 15.0 Å². The maximum Gasteiger partial charge on any atom is 0.445 e. The van der Waals surface area contributed by atoms with E-state index in [-0.39, 0.29) is 46.1 Å². The minimum atomic E-state index is -4.70. The molecule has 2 saturated carbocycles. The van der Waals surface area contributed by atoms with Crippen molar-refractivity contribution in [2.75, 3.05) is 13.1 Å². The largest absolute Gasteiger partial charge is 0.445 e. The Bertz CT molecular complexity index is 1700. The molecule has 4 heterocycles. The van der Waals surface area contributed by atoms with Gasteiger partial charge in [-0.1, -0.05) is 17.4 Å². The summed E-state index contributed by atoms with van der Waals surface area (Å²) in [5.41, 5.74) is -0.933. The second-order valence-electron chi connectivity index (χ2n) is 9.90. The van der Waals surface area contributed by atoms with Crippen molar-refractivity contribution in [3.05, 3.63) is 35.1 Å². The predicted octanol–water partition coefficient (Wildman–Crippen LogP) is 2.35. The Morgan fingerprint density at radius 3 is 2.54 bits per heavy atom. The third-order valence-corrected chi connectivity index (χ3v) is 9.51. The highest BCUT2D eigenvalue weighted by molar-refractivity contribution is 7.89. The van der Waals surface area contributed by atoms with E-state index in [2.05, 4.69) is 19.9 Å². The summed E-state index contributed by atoms with van der Waals surface area (Å²) in [6, 6.07) is 3.40. The molecule has 11 nitrogen and oxygen atoms in total. The molecular weight excluding hydrogens is 559 g/mol. The summed E-state index contributed by atoms with van der Waals surface area (Å²) >= 11 is 0.281. The first kappa shape index (κ1) is 25.9. The number of nitriles is 1. The number of nitrogens with one attached hydrogen (secondary N) is 1. The minimum absolute atomic E-state index is 0.0260. The molecular formula is C23H20F3N7O4S2. The van der Waals surface area contributed by atoms with Crippen LogP contribution in [0.15, 0.2) is 29.4 Å². The minimum Gasteiger partial charge on any atom is -0.380 e. The van der Waals surface area contributed by atoms with Crippen LogP contribution in [0.1, 0.15) is 42.7 Å². The third-order valence-electron chi connectivity index (χ3n) is 7.04. The number of nitrogens with zero attached hydrogens (tertiary/aromatic N) is 6. The summed E-state index contributed by atoms with van der Waals surface area (Å²) < 4.78 is 69.9. The van der Waals surface area contributed by atoms with E-state index in [9.17, 15) is 36.8 Å². The highest BCUT2D eigenvalue weighted by atomic mass is 32.2. The number of rotatable bonds is 6. The van der Waals surface area contributed by atoms with Gasteiger partial charge in [-0.25, -0.2) is 13.4 Å². The van der Waals surface area contributed by atoms with Gasteiger partial charge in [0.25, 0.3) is 5.91 Å². The first-order valence-corrected chi connectivity index (χ1v) is 14.2. The van der Waals surface area contributed by atoms with E-state index in [4.69, 9.17) is 0 Å². The molecule has 3 aromatic rings. The van der Waals surface area contributed by atoms with Gasteiger partial charge in [0, 0.05) is 24.8 Å². The maximum atomic E-state index is 13.3. The topological polar surface area (TPSA) is 154 Å². The van der Waals surface area contributed by atoms with Crippen molar-refractivity contribution in [3.63, 3.8) is 0 Å². The number of pyridine rings is 1. The lowest BCUT2D eigenvalue weighted by Crippen LogP contribution is -2.42. The van der Waals surface area contributed by atoms with Crippen LogP contribution in [0, 0.1) is 11.3 Å². The molecule has 0 spiro atoms. The third kappa shape index (κ3) is 4.58. The number of aliphatic hydroxyl groups is 1. The van der Waals surface area contributed by atoms with Gasteiger partial charge in [-0.2, -0.15) is 23.2 Å². The number of halogens is 3. The zero-order valence-electron chi connectivity index (χ0n) is 20.1. The predicted molar refractivity (Wildman–Crippen MR) is 130 cm³/mol. The number of imidazole rings is 1. The van der Waals surface area contributed by atoms with Crippen molar-refractivity contribution in [2.45, 2.75) is 54.3 Å². The molecule has 0 bridgehead atoms. The summed E-state index contributed by atoms with van der Waals surface area (Å²) in [6.07, 6.45) is 1.58. The maximum absolute atomic E-state index is 13.3. The molecule has 3 aromatic heterocycles. The van der Waals surface area contributed by atoms with E-state index in [1.54, 1.807) is 6.08 Å². The highest BCUT2D eigenvalue weighted by Gasteiger charge is 2.50. The summed E-state index contributed by atoms with van der Waals surface area (Å²) in [5.74, 6) is -0.375. The molecule has 6 rings (SSSR count). The molecule has 3 aliphatic rings. The number of sulfonamides is 1. The number of carbonyl (C=O) groups is 1. The molecule has 1 amide bonds. The molecule has 0 saturated heterocycles. The van der Waals surface area contributed by atoms with E-state index >= 15 is 0 Å². The summed E-state index contributed by atoms with van der Waals surface area (Å²) in [7, 11) is -4.21. The van der Waals surface area contributed by atoms with Crippen LogP contribution < -0.4 is 4.72 Å². The van der Waals surface area contributed by atoms with Gasteiger partial charge in [0.05, 0.1) is 22.7 Å². The van der Waals surface area contributed by atoms with Crippen LogP contribution in [0.2, 0.25) is 0 Å². The number of hydrogen-bond acceptors (Lipinski definition) is 9. The standard InChI is InChI=1S/C23H20F3N7O4S2/c24-23(25,26)19-30-29-18(38-19)17-28-10-16-15(13-1-7-32(8-2-13)20(34)22(35)5-6-22)9-14(11-33(16)17)39(36,37)31-21(12-27)3-4-21/h1,9-11,31,35H,2-8H2. The van der Waals surface area contributed by atoms with Gasteiger partial charge >= 0.3 is 6.18 Å². The van der Waals surface area contributed by atoms with E-state index in [0.29, 0.717) is 48.8 Å². The van der Waals surface area contributed by atoms with Gasteiger partial charge in [-0.3, -0.25) is 9.20 Å². The summed E-state index contributed by atoms with van der Waals surface area (Å²) in [4.78, 5) is 18.1. The van der Waals surface area contributed by atoms with Crippen LogP contribution >= 0.6 is 11.3 Å². The smallest absolute Gasteiger partial charge is 0.380 e. The van der Waals surface area contributed by atoms with Crippen molar-refractivity contribution in [2.24, 2.45) is 0 Å². The normalized spacial score (nSPS) is 20.0. The number of fused-ring (bicyclic) bond motifs is 1. The van der Waals surface area contributed by atoms with Gasteiger partial charge in [-0.05, 0) is 43.7 Å². The SMILES string of the molecule is N#CC1(NS(=O)(=O)c2cc(C3=CCN(C(=O)C4(O)CC4)CC3)c3cnc(-c4nnc(C(F)(F)F)s4)n3c2)CC1. The van der Waals surface area contributed by atoms with E-state index in [0.717, 1.165) is 0 Å². The quantitative estimate of drug-likeness (QED) is 0.451. The lowest BCUT2D eigenvalue weighted by atomic mass is 9.99. The molecule has 0 aromatic carbocycles. The van der Waals surface area contributed by atoms with Crippen LogP contribution in [0.5, 0.6) is 0 Å². The number of aromatic nitrogens is 4. The van der Waals surface area contributed by atoms with Gasteiger partial charge in [0.1, 0.15) is 11.1 Å². The molecule has 0 atom stereocenters. The Hall–Kier alpha value is -3.39. The van der Waals surface area contributed by atoms with Crippen LogP contribution in [-0.2, 0) is 21.0 Å². The van der Waals surface area contributed by atoms with Gasteiger partial charge in [-0.15, -0.1) is 10.2 Å². The number of hydrogen-bond donors (Lipinski definition) is 2. The Kier molecular flexibility index (Phi) is 5.67. The van der Waals surface area contributed by atoms with Gasteiger partial charge < -0.3 is 10.0 Å². The average Bonchev–Trinajstić information content (AvgIpc) is 3.71. The fraction of sp³-hybridized carbons (Fsp3) is 0.435. The highest BCUT2D eigenvalue weighted by Crippen LogP contribution is 2.40. The Morgan fingerprint density at radius 1 is 1.23 bits per heavy atom. The van der Waals surface area contributed by atoms with Crippen molar-refractivity contribution < 1.29 is 31.5 Å². The van der Waals surface area contributed by atoms with Crippen molar-refractivity contribution in [3.8, 4) is 16.9 Å². The first-order valence-electron chi connectivity index (χ1n) is 11.9. The van der Waals surface area contributed by atoms with Crippen LogP contribution in [0.3, 0.4) is 0 Å². The van der Waals surface area contributed by atoms with E-state index in [1.165, 1.54) is 27.8 Å². The molecule has 1 aliphatic heterocycles. The Morgan fingerprint density at radius 2 is 1.97 bits per heavy atom. The number of carbonyl (C=O) groups excluding carboxylic acids is 1. The van der Waals surface area contributed by atoms with E-state index < -0.39 is 32.3 Å². The van der Waals surface area contributed by atoms with Crippen molar-refractivity contribution in [1.29, 1.82) is 5.26 Å². The Labute approximate surface area is 223 Å². The molecule has 0 radical (unpaired) electrons.